The third-order valence-electron chi connectivity index (χ3n) is 1.67. The second-order valence-corrected chi connectivity index (χ2v) is 3.52. The van der Waals surface area contributed by atoms with E-state index in [0.29, 0.717) is 0 Å². The molecular formula is C7H14N4O. The lowest BCUT2D eigenvalue weighted by Crippen LogP contribution is -2.60. The maximum atomic E-state index is 10.9. The minimum atomic E-state index is -0.397. The smallest absolute Gasteiger partial charge is 0.336 e. The van der Waals surface area contributed by atoms with Crippen LogP contribution in [0, 0.1) is 0 Å². The SMILES string of the molecule is CN(C)C1=NNC(=O)NC1(C)C. The molecule has 0 atom stereocenters. The second kappa shape index (κ2) is 2.66. The van der Waals surface area contributed by atoms with Crippen LogP contribution in [0.4, 0.5) is 4.79 Å². The molecule has 0 spiro atoms. The van der Waals surface area contributed by atoms with Gasteiger partial charge < -0.3 is 10.2 Å². The third-order valence-corrected chi connectivity index (χ3v) is 1.67. The van der Waals surface area contributed by atoms with Gasteiger partial charge in [-0.25, -0.2) is 10.2 Å². The summed E-state index contributed by atoms with van der Waals surface area (Å²) in [6.07, 6.45) is 0. The van der Waals surface area contributed by atoms with E-state index in [2.05, 4.69) is 15.8 Å². The van der Waals surface area contributed by atoms with Crippen molar-refractivity contribution in [2.24, 2.45) is 5.10 Å². The Morgan fingerprint density at radius 3 is 2.42 bits per heavy atom. The predicted octanol–water partition coefficient (Wildman–Crippen LogP) is -0.0471. The maximum absolute atomic E-state index is 10.9. The number of carbonyl (C=O) groups is 1. The molecule has 0 saturated carbocycles. The molecule has 0 bridgehead atoms. The zero-order chi connectivity index (χ0) is 9.35. The normalized spacial score (nSPS) is 20.7. The van der Waals surface area contributed by atoms with Gasteiger partial charge in [0.05, 0.1) is 5.54 Å². The summed E-state index contributed by atoms with van der Waals surface area (Å²) in [5.74, 6) is 0.808. The molecule has 1 aliphatic heterocycles. The van der Waals surface area contributed by atoms with Crippen LogP contribution in [-0.2, 0) is 0 Å². The van der Waals surface area contributed by atoms with E-state index in [0.717, 1.165) is 5.84 Å². The van der Waals surface area contributed by atoms with Gasteiger partial charge in [-0.15, -0.1) is 0 Å². The van der Waals surface area contributed by atoms with Crippen LogP contribution in [0.25, 0.3) is 0 Å². The Labute approximate surface area is 71.8 Å². The molecule has 2 amide bonds. The van der Waals surface area contributed by atoms with Crippen LogP contribution in [0.3, 0.4) is 0 Å². The molecule has 0 saturated heterocycles. The molecule has 0 fully saturated rings. The van der Waals surface area contributed by atoms with Crippen molar-refractivity contribution in [1.29, 1.82) is 0 Å². The Bertz CT molecular complexity index is 232. The largest absolute Gasteiger partial charge is 0.363 e. The summed E-state index contributed by atoms with van der Waals surface area (Å²) in [6.45, 7) is 3.81. The number of hydrogen-bond acceptors (Lipinski definition) is 3. The molecule has 1 rings (SSSR count). The summed E-state index contributed by atoms with van der Waals surface area (Å²) >= 11 is 0. The summed E-state index contributed by atoms with van der Waals surface area (Å²) in [4.78, 5) is 12.8. The van der Waals surface area contributed by atoms with E-state index >= 15 is 0 Å². The highest BCUT2D eigenvalue weighted by Gasteiger charge is 2.32. The number of rotatable bonds is 0. The maximum Gasteiger partial charge on any atom is 0.336 e. The van der Waals surface area contributed by atoms with Crippen molar-refractivity contribution in [1.82, 2.24) is 15.6 Å². The van der Waals surface area contributed by atoms with E-state index in [1.807, 2.05) is 32.8 Å². The van der Waals surface area contributed by atoms with E-state index < -0.39 is 5.54 Å². The fraction of sp³-hybridized carbons (Fsp3) is 0.714. The van der Waals surface area contributed by atoms with Gasteiger partial charge >= 0.3 is 6.03 Å². The quantitative estimate of drug-likeness (QED) is 0.535. The van der Waals surface area contributed by atoms with Crippen molar-refractivity contribution in [3.8, 4) is 0 Å². The van der Waals surface area contributed by atoms with E-state index in [1.54, 1.807) is 0 Å². The van der Waals surface area contributed by atoms with Crippen molar-refractivity contribution in [3.63, 3.8) is 0 Å². The number of amides is 2. The Morgan fingerprint density at radius 2 is 2.00 bits per heavy atom. The average Bonchev–Trinajstić information content (AvgIpc) is 1.82. The Balaban J connectivity index is 2.91. The first-order valence-electron chi connectivity index (χ1n) is 3.77. The van der Waals surface area contributed by atoms with Crippen LogP contribution < -0.4 is 10.7 Å². The molecule has 0 radical (unpaired) electrons. The Morgan fingerprint density at radius 1 is 1.42 bits per heavy atom. The molecule has 5 nitrogen and oxygen atoms in total. The first-order valence-corrected chi connectivity index (χ1v) is 3.77. The van der Waals surface area contributed by atoms with E-state index in [9.17, 15) is 4.79 Å². The molecule has 68 valence electrons. The first-order chi connectivity index (χ1) is 5.43. The second-order valence-electron chi connectivity index (χ2n) is 3.52. The Kier molecular flexibility index (Phi) is 1.95. The Hall–Kier alpha value is -1.26. The van der Waals surface area contributed by atoms with Gasteiger partial charge in [-0.1, -0.05) is 0 Å². The lowest BCUT2D eigenvalue weighted by atomic mass is 10.0. The predicted molar refractivity (Wildman–Crippen MR) is 46.9 cm³/mol. The number of nitrogens with one attached hydrogen (secondary N) is 2. The van der Waals surface area contributed by atoms with Gasteiger partial charge in [-0.2, -0.15) is 5.10 Å². The number of carbonyl (C=O) groups excluding carboxylic acids is 1. The van der Waals surface area contributed by atoms with Gasteiger partial charge in [0.1, 0.15) is 5.84 Å². The minimum absolute atomic E-state index is 0.259. The lowest BCUT2D eigenvalue weighted by Gasteiger charge is -2.34. The zero-order valence-electron chi connectivity index (χ0n) is 7.80. The summed E-state index contributed by atoms with van der Waals surface area (Å²) in [6, 6.07) is -0.259. The van der Waals surface area contributed by atoms with Gasteiger partial charge in [0, 0.05) is 14.1 Å². The molecule has 0 aliphatic carbocycles. The topological polar surface area (TPSA) is 56.7 Å². The number of amidine groups is 1. The van der Waals surface area contributed by atoms with E-state index in [-0.39, 0.29) is 6.03 Å². The van der Waals surface area contributed by atoms with Crippen LogP contribution in [0.1, 0.15) is 13.8 Å². The highest BCUT2D eigenvalue weighted by molar-refractivity contribution is 5.97. The van der Waals surface area contributed by atoms with Crippen LogP contribution in [0.2, 0.25) is 0 Å². The number of urea groups is 1. The van der Waals surface area contributed by atoms with Gasteiger partial charge in [0.2, 0.25) is 0 Å². The summed E-state index contributed by atoms with van der Waals surface area (Å²) < 4.78 is 0. The molecule has 1 aliphatic rings. The van der Waals surface area contributed by atoms with Crippen LogP contribution in [0.5, 0.6) is 0 Å². The number of likely N-dealkylation sites (N-methyl/N-ethyl adjacent to an activating group) is 1. The van der Waals surface area contributed by atoms with Crippen molar-refractivity contribution in [3.05, 3.63) is 0 Å². The minimum Gasteiger partial charge on any atom is -0.363 e. The molecule has 0 aromatic rings. The van der Waals surface area contributed by atoms with Gasteiger partial charge in [0.15, 0.2) is 0 Å². The van der Waals surface area contributed by atoms with E-state index in [1.165, 1.54) is 0 Å². The van der Waals surface area contributed by atoms with Crippen LogP contribution >= 0.6 is 0 Å². The van der Waals surface area contributed by atoms with Crippen LogP contribution in [0.15, 0.2) is 5.10 Å². The highest BCUT2D eigenvalue weighted by Crippen LogP contribution is 2.09. The fourth-order valence-corrected chi connectivity index (χ4v) is 1.27. The number of hydrazone groups is 1. The van der Waals surface area contributed by atoms with Gasteiger partial charge in [-0.3, -0.25) is 0 Å². The van der Waals surface area contributed by atoms with Crippen LogP contribution in [-0.4, -0.2) is 36.4 Å². The monoisotopic (exact) mass is 170 g/mol. The molecular weight excluding hydrogens is 156 g/mol. The molecule has 0 aromatic carbocycles. The van der Waals surface area contributed by atoms with Crippen molar-refractivity contribution in [2.75, 3.05) is 14.1 Å². The first kappa shape index (κ1) is 8.83. The molecule has 1 heterocycles. The highest BCUT2D eigenvalue weighted by atomic mass is 16.2. The number of nitrogens with zero attached hydrogens (tertiary/aromatic N) is 2. The molecule has 12 heavy (non-hydrogen) atoms. The van der Waals surface area contributed by atoms with Crippen molar-refractivity contribution < 1.29 is 4.79 Å². The lowest BCUT2D eigenvalue weighted by molar-refractivity contribution is 0.231. The van der Waals surface area contributed by atoms with Gasteiger partial charge in [-0.05, 0) is 13.8 Å². The summed E-state index contributed by atoms with van der Waals surface area (Å²) in [7, 11) is 3.78. The molecule has 0 aromatic heterocycles. The third kappa shape index (κ3) is 1.49. The molecule has 0 unspecified atom stereocenters. The standard InChI is InChI=1S/C7H14N4O/c1-7(2)5(11(3)4)9-10-6(12)8-7/h1-4H3,(H2,8,10,12). The summed E-state index contributed by atoms with van der Waals surface area (Å²) in [5.41, 5.74) is 1.97. The molecule has 5 heteroatoms. The molecule has 2 N–H and O–H groups in total. The number of hydrogen-bond donors (Lipinski definition) is 2. The van der Waals surface area contributed by atoms with E-state index in [4.69, 9.17) is 0 Å². The van der Waals surface area contributed by atoms with Gasteiger partial charge in [0.25, 0.3) is 0 Å². The fourth-order valence-electron chi connectivity index (χ4n) is 1.27. The van der Waals surface area contributed by atoms with Crippen molar-refractivity contribution in [2.45, 2.75) is 19.4 Å². The summed E-state index contributed by atoms with van der Waals surface area (Å²) in [5, 5.41) is 6.71. The average molecular weight is 170 g/mol. The van der Waals surface area contributed by atoms with Crippen molar-refractivity contribution >= 4 is 11.9 Å². The zero-order valence-corrected chi connectivity index (χ0v) is 7.80.